The van der Waals surface area contributed by atoms with Crippen molar-refractivity contribution in [1.29, 1.82) is 0 Å². The Morgan fingerprint density at radius 1 is 0.958 bits per heavy atom. The molecule has 2 aromatic carbocycles. The standard InChI is InChI=1S/C23H25N/c1-15-10-16(2)12-19(11-15)22-20-13-18-6-5-8-23(3,4)21(18)14-17(20)7-9-24-22/h7,9-14H,5-6,8H2,1-4H3. The van der Waals surface area contributed by atoms with Gasteiger partial charge in [0.05, 0.1) is 5.69 Å². The Balaban J connectivity index is 1.98. The Morgan fingerprint density at radius 2 is 1.71 bits per heavy atom. The summed E-state index contributed by atoms with van der Waals surface area (Å²) in [7, 11) is 0. The van der Waals surface area contributed by atoms with Crippen molar-refractivity contribution in [1.82, 2.24) is 4.98 Å². The van der Waals surface area contributed by atoms with Crippen molar-refractivity contribution in [2.45, 2.75) is 52.4 Å². The number of pyridine rings is 1. The third-order valence-electron chi connectivity index (χ3n) is 5.46. The van der Waals surface area contributed by atoms with E-state index in [4.69, 9.17) is 4.98 Å². The lowest BCUT2D eigenvalue weighted by Crippen LogP contribution is -2.23. The minimum Gasteiger partial charge on any atom is -0.256 e. The number of rotatable bonds is 1. The second kappa shape index (κ2) is 5.44. The maximum atomic E-state index is 4.74. The fourth-order valence-electron chi connectivity index (χ4n) is 4.30. The van der Waals surface area contributed by atoms with Crippen LogP contribution in [0.2, 0.25) is 0 Å². The van der Waals surface area contributed by atoms with E-state index in [-0.39, 0.29) is 5.41 Å². The zero-order valence-corrected chi connectivity index (χ0v) is 15.1. The Hall–Kier alpha value is -2.15. The topological polar surface area (TPSA) is 12.9 Å². The van der Waals surface area contributed by atoms with Gasteiger partial charge in [-0.1, -0.05) is 37.1 Å². The highest BCUT2D eigenvalue weighted by Crippen LogP contribution is 2.40. The van der Waals surface area contributed by atoms with Gasteiger partial charge in [0.15, 0.2) is 0 Å². The van der Waals surface area contributed by atoms with Crippen LogP contribution in [0.3, 0.4) is 0 Å². The van der Waals surface area contributed by atoms with E-state index in [0.29, 0.717) is 0 Å². The van der Waals surface area contributed by atoms with Gasteiger partial charge in [-0.05, 0) is 79.3 Å². The molecule has 1 aliphatic rings. The summed E-state index contributed by atoms with van der Waals surface area (Å²) in [6, 6.07) is 13.7. The van der Waals surface area contributed by atoms with Crippen LogP contribution in [0.4, 0.5) is 0 Å². The van der Waals surface area contributed by atoms with Gasteiger partial charge in [0, 0.05) is 17.1 Å². The summed E-state index contributed by atoms with van der Waals surface area (Å²) in [5.74, 6) is 0. The highest BCUT2D eigenvalue weighted by Gasteiger charge is 2.27. The third-order valence-corrected chi connectivity index (χ3v) is 5.46. The molecule has 4 rings (SSSR count). The van der Waals surface area contributed by atoms with Crippen molar-refractivity contribution in [3.63, 3.8) is 0 Å². The van der Waals surface area contributed by atoms with E-state index in [1.165, 1.54) is 57.9 Å². The molecule has 1 heteroatoms. The number of hydrogen-bond acceptors (Lipinski definition) is 1. The van der Waals surface area contributed by atoms with Crippen LogP contribution in [0, 0.1) is 13.8 Å². The molecule has 24 heavy (non-hydrogen) atoms. The Bertz CT molecular complexity index is 914. The Morgan fingerprint density at radius 3 is 2.46 bits per heavy atom. The zero-order valence-electron chi connectivity index (χ0n) is 15.1. The largest absolute Gasteiger partial charge is 0.256 e. The Kier molecular flexibility index (Phi) is 3.49. The smallest absolute Gasteiger partial charge is 0.0780 e. The molecule has 122 valence electrons. The number of benzene rings is 2. The van der Waals surface area contributed by atoms with Crippen LogP contribution in [0.5, 0.6) is 0 Å². The van der Waals surface area contributed by atoms with Crippen LogP contribution in [0.25, 0.3) is 22.0 Å². The first kappa shape index (κ1) is 15.4. The van der Waals surface area contributed by atoms with Crippen molar-refractivity contribution in [2.24, 2.45) is 0 Å². The van der Waals surface area contributed by atoms with E-state index in [1.807, 2.05) is 6.20 Å². The lowest BCUT2D eigenvalue weighted by Gasteiger charge is -2.33. The van der Waals surface area contributed by atoms with Crippen LogP contribution in [-0.4, -0.2) is 4.98 Å². The zero-order chi connectivity index (χ0) is 16.9. The first-order valence-corrected chi connectivity index (χ1v) is 8.95. The van der Waals surface area contributed by atoms with E-state index in [9.17, 15) is 0 Å². The monoisotopic (exact) mass is 315 g/mol. The average molecular weight is 315 g/mol. The van der Waals surface area contributed by atoms with Crippen molar-refractivity contribution in [3.05, 3.63) is 64.8 Å². The van der Waals surface area contributed by atoms with Crippen LogP contribution >= 0.6 is 0 Å². The van der Waals surface area contributed by atoms with Gasteiger partial charge in [0.1, 0.15) is 0 Å². The van der Waals surface area contributed by atoms with Crippen molar-refractivity contribution in [2.75, 3.05) is 0 Å². The molecule has 0 spiro atoms. The van der Waals surface area contributed by atoms with E-state index in [0.717, 1.165) is 5.69 Å². The Labute approximate surface area is 144 Å². The lowest BCUT2D eigenvalue weighted by molar-refractivity contribution is 0.432. The van der Waals surface area contributed by atoms with Crippen LogP contribution < -0.4 is 0 Å². The number of aromatic nitrogens is 1. The molecule has 1 heterocycles. The summed E-state index contributed by atoms with van der Waals surface area (Å²) in [5.41, 5.74) is 8.26. The molecule has 1 aliphatic carbocycles. The molecule has 1 aromatic heterocycles. The molecule has 0 amide bonds. The first-order valence-electron chi connectivity index (χ1n) is 8.95. The molecule has 0 bridgehead atoms. The van der Waals surface area contributed by atoms with Gasteiger partial charge in [0.25, 0.3) is 0 Å². The minimum atomic E-state index is 0.283. The van der Waals surface area contributed by atoms with Gasteiger partial charge in [-0.25, -0.2) is 0 Å². The van der Waals surface area contributed by atoms with Gasteiger partial charge in [-0.3, -0.25) is 4.98 Å². The highest BCUT2D eigenvalue weighted by atomic mass is 14.7. The van der Waals surface area contributed by atoms with Crippen LogP contribution in [0.15, 0.2) is 42.6 Å². The molecule has 3 aromatic rings. The molecule has 0 radical (unpaired) electrons. The molecule has 1 nitrogen and oxygen atoms in total. The number of fused-ring (bicyclic) bond motifs is 2. The van der Waals surface area contributed by atoms with Crippen molar-refractivity contribution >= 4 is 10.8 Å². The number of hydrogen-bond donors (Lipinski definition) is 0. The number of aryl methyl sites for hydroxylation is 3. The molecule has 0 atom stereocenters. The van der Waals surface area contributed by atoms with E-state index < -0.39 is 0 Å². The number of nitrogens with zero attached hydrogens (tertiary/aromatic N) is 1. The fraction of sp³-hybridized carbons (Fsp3) is 0.348. The molecule has 0 fully saturated rings. The van der Waals surface area contributed by atoms with E-state index in [1.54, 1.807) is 0 Å². The van der Waals surface area contributed by atoms with Gasteiger partial charge < -0.3 is 0 Å². The molecular formula is C23H25N. The predicted octanol–water partition coefficient (Wildman–Crippen LogP) is 6.13. The lowest BCUT2D eigenvalue weighted by atomic mass is 9.72. The fourth-order valence-corrected chi connectivity index (χ4v) is 4.30. The molecule has 0 N–H and O–H groups in total. The molecule has 0 aliphatic heterocycles. The van der Waals surface area contributed by atoms with Crippen molar-refractivity contribution in [3.8, 4) is 11.3 Å². The maximum Gasteiger partial charge on any atom is 0.0780 e. The van der Waals surface area contributed by atoms with Gasteiger partial charge in [0.2, 0.25) is 0 Å². The maximum absolute atomic E-state index is 4.74. The van der Waals surface area contributed by atoms with E-state index >= 15 is 0 Å². The van der Waals surface area contributed by atoms with Crippen molar-refractivity contribution < 1.29 is 0 Å². The quantitative estimate of drug-likeness (QED) is 0.526. The summed E-state index contributed by atoms with van der Waals surface area (Å²) in [6.45, 7) is 9.07. The summed E-state index contributed by atoms with van der Waals surface area (Å²) >= 11 is 0. The summed E-state index contributed by atoms with van der Waals surface area (Å²) < 4.78 is 0. The highest BCUT2D eigenvalue weighted by molar-refractivity contribution is 5.95. The second-order valence-corrected chi connectivity index (χ2v) is 8.00. The molecule has 0 saturated heterocycles. The summed E-state index contributed by atoms with van der Waals surface area (Å²) in [4.78, 5) is 4.74. The van der Waals surface area contributed by atoms with Crippen LogP contribution in [0.1, 0.15) is 48.9 Å². The van der Waals surface area contributed by atoms with Crippen LogP contribution in [-0.2, 0) is 11.8 Å². The molecule has 0 unspecified atom stereocenters. The second-order valence-electron chi connectivity index (χ2n) is 8.00. The molecular weight excluding hydrogens is 290 g/mol. The van der Waals surface area contributed by atoms with Gasteiger partial charge in [-0.2, -0.15) is 0 Å². The van der Waals surface area contributed by atoms with Gasteiger partial charge in [-0.15, -0.1) is 0 Å². The summed E-state index contributed by atoms with van der Waals surface area (Å²) in [6.07, 6.45) is 5.71. The third kappa shape index (κ3) is 2.53. The summed E-state index contributed by atoms with van der Waals surface area (Å²) in [5, 5.41) is 2.60. The SMILES string of the molecule is Cc1cc(C)cc(-c2nccc3cc4c(cc23)CCCC4(C)C)c1. The minimum absolute atomic E-state index is 0.283. The van der Waals surface area contributed by atoms with E-state index in [2.05, 4.69) is 64.1 Å². The average Bonchev–Trinajstić information content (AvgIpc) is 2.52. The predicted molar refractivity (Wildman–Crippen MR) is 103 cm³/mol. The first-order chi connectivity index (χ1) is 11.4. The normalized spacial score (nSPS) is 16.2. The van der Waals surface area contributed by atoms with Gasteiger partial charge >= 0.3 is 0 Å². The molecule has 0 saturated carbocycles.